The maximum atomic E-state index is 12.8. The highest BCUT2D eigenvalue weighted by Gasteiger charge is 2.33. The number of hydrogen-bond acceptors (Lipinski definition) is 6. The Hall–Kier alpha value is -3.26. The molecule has 7 nitrogen and oxygen atoms in total. The van der Waals surface area contributed by atoms with E-state index in [4.69, 9.17) is 17.0 Å². The molecule has 4 rings (SSSR count). The predicted molar refractivity (Wildman–Crippen MR) is 108 cm³/mol. The van der Waals surface area contributed by atoms with Crippen LogP contribution < -0.4 is 15.4 Å². The average Bonchev–Trinajstić information content (AvgIpc) is 3.03. The molecule has 1 aliphatic rings. The number of rotatable bonds is 5. The Bertz CT molecular complexity index is 1140. The Morgan fingerprint density at radius 3 is 2.82 bits per heavy atom. The van der Waals surface area contributed by atoms with Crippen LogP contribution in [0.4, 0.5) is 5.82 Å². The molecule has 2 aromatic carbocycles. The lowest BCUT2D eigenvalue weighted by atomic mass is 10.1. The van der Waals surface area contributed by atoms with Crippen molar-refractivity contribution in [1.29, 1.82) is 0 Å². The average molecular weight is 394 g/mol. The summed E-state index contributed by atoms with van der Waals surface area (Å²) in [5.41, 5.74) is 1.57. The second-order valence-electron chi connectivity index (χ2n) is 6.42. The molecule has 0 saturated heterocycles. The van der Waals surface area contributed by atoms with Gasteiger partial charge < -0.3 is 15.4 Å². The Morgan fingerprint density at radius 2 is 2.00 bits per heavy atom. The minimum Gasteiger partial charge on any atom is -0.496 e. The van der Waals surface area contributed by atoms with E-state index >= 15 is 0 Å². The van der Waals surface area contributed by atoms with E-state index in [0.717, 1.165) is 10.9 Å². The Balaban J connectivity index is 1.49. The highest BCUT2D eigenvalue weighted by atomic mass is 32.1. The van der Waals surface area contributed by atoms with Crippen LogP contribution in [0.25, 0.3) is 10.9 Å². The smallest absolute Gasteiger partial charge is 0.257 e. The molecule has 1 aromatic heterocycles. The van der Waals surface area contributed by atoms with E-state index < -0.39 is 6.04 Å². The van der Waals surface area contributed by atoms with Crippen LogP contribution in [-0.4, -0.2) is 34.5 Å². The first-order chi connectivity index (χ1) is 13.6. The second-order valence-corrected chi connectivity index (χ2v) is 6.79. The van der Waals surface area contributed by atoms with Gasteiger partial charge >= 0.3 is 0 Å². The van der Waals surface area contributed by atoms with Gasteiger partial charge in [-0.1, -0.05) is 30.3 Å². The standard InChI is InChI=1S/C20H18N4O3S/c1-27-16-9-5-2-6-12(16)11-21-17(25)10-15-19(26)24-18(22-15)13-7-3-4-8-14(13)23-20(24)28/h2-9,15,22H,10-11H2,1H3,(H,21,25). The Morgan fingerprint density at radius 1 is 1.25 bits per heavy atom. The molecule has 0 aliphatic carbocycles. The van der Waals surface area contributed by atoms with E-state index in [-0.39, 0.29) is 23.0 Å². The van der Waals surface area contributed by atoms with Crippen molar-refractivity contribution in [1.82, 2.24) is 14.9 Å². The van der Waals surface area contributed by atoms with Crippen molar-refractivity contribution >= 4 is 40.8 Å². The van der Waals surface area contributed by atoms with Gasteiger partial charge in [0.15, 0.2) is 0 Å². The number of nitrogens with zero attached hydrogens (tertiary/aromatic N) is 2. The lowest BCUT2D eigenvalue weighted by Crippen LogP contribution is -2.33. The fraction of sp³-hybridized carbons (Fsp3) is 0.200. The van der Waals surface area contributed by atoms with Gasteiger partial charge in [-0.15, -0.1) is 0 Å². The molecule has 142 valence electrons. The highest BCUT2D eigenvalue weighted by molar-refractivity contribution is 7.71. The van der Waals surface area contributed by atoms with Crippen molar-refractivity contribution in [2.24, 2.45) is 0 Å². The van der Waals surface area contributed by atoms with Crippen LogP contribution in [0, 0.1) is 4.77 Å². The Kier molecular flexibility index (Phi) is 4.79. The Labute approximate surface area is 166 Å². The zero-order valence-corrected chi connectivity index (χ0v) is 16.0. The van der Waals surface area contributed by atoms with Crippen molar-refractivity contribution in [3.8, 4) is 5.75 Å². The number of para-hydroxylation sites is 2. The maximum absolute atomic E-state index is 12.8. The molecule has 0 spiro atoms. The van der Waals surface area contributed by atoms with Crippen LogP contribution in [0.5, 0.6) is 5.75 Å². The van der Waals surface area contributed by atoms with E-state index in [0.29, 0.717) is 23.6 Å². The third-order valence-corrected chi connectivity index (χ3v) is 4.95. The zero-order chi connectivity index (χ0) is 19.7. The molecule has 1 amide bonds. The highest BCUT2D eigenvalue weighted by Crippen LogP contribution is 2.28. The lowest BCUT2D eigenvalue weighted by molar-refractivity contribution is -0.121. The van der Waals surface area contributed by atoms with Crippen LogP contribution in [-0.2, 0) is 11.3 Å². The first-order valence-electron chi connectivity index (χ1n) is 8.79. The molecule has 0 radical (unpaired) electrons. The minimum atomic E-state index is -0.688. The van der Waals surface area contributed by atoms with Crippen LogP contribution in [0.2, 0.25) is 0 Å². The van der Waals surface area contributed by atoms with E-state index in [1.165, 1.54) is 4.57 Å². The molecule has 3 aromatic rings. The monoisotopic (exact) mass is 394 g/mol. The summed E-state index contributed by atoms with van der Waals surface area (Å²) in [6.07, 6.45) is -0.00123. The number of benzene rings is 2. The SMILES string of the molecule is COc1ccccc1CNC(=O)CC1Nc2c3ccccc3nc(=S)n2C1=O. The number of hydrogen-bond donors (Lipinski definition) is 2. The minimum absolute atomic E-state index is 0.00123. The van der Waals surface area contributed by atoms with Crippen molar-refractivity contribution in [2.45, 2.75) is 19.0 Å². The summed E-state index contributed by atoms with van der Waals surface area (Å²) in [6.45, 7) is 0.320. The number of aromatic nitrogens is 2. The van der Waals surface area contributed by atoms with Gasteiger partial charge in [-0.25, -0.2) is 9.55 Å². The van der Waals surface area contributed by atoms with Gasteiger partial charge in [0.2, 0.25) is 10.7 Å². The maximum Gasteiger partial charge on any atom is 0.257 e. The fourth-order valence-corrected chi connectivity index (χ4v) is 3.59. The molecule has 0 fully saturated rings. The molecule has 1 unspecified atom stereocenters. The van der Waals surface area contributed by atoms with Crippen LogP contribution in [0.1, 0.15) is 16.8 Å². The van der Waals surface area contributed by atoms with Crippen molar-refractivity contribution < 1.29 is 14.3 Å². The van der Waals surface area contributed by atoms with Crippen LogP contribution in [0.15, 0.2) is 48.5 Å². The van der Waals surface area contributed by atoms with E-state index in [2.05, 4.69) is 15.6 Å². The summed E-state index contributed by atoms with van der Waals surface area (Å²) in [5, 5.41) is 6.77. The second kappa shape index (κ2) is 7.40. The van der Waals surface area contributed by atoms with Crippen LogP contribution >= 0.6 is 12.2 Å². The number of carbonyl (C=O) groups excluding carboxylic acids is 2. The van der Waals surface area contributed by atoms with Crippen molar-refractivity contribution in [2.75, 3.05) is 12.4 Å². The van der Waals surface area contributed by atoms with E-state index in [9.17, 15) is 9.59 Å². The summed E-state index contributed by atoms with van der Waals surface area (Å²) in [6, 6.07) is 14.2. The van der Waals surface area contributed by atoms with Gasteiger partial charge in [-0.05, 0) is 30.4 Å². The first-order valence-corrected chi connectivity index (χ1v) is 9.20. The van der Waals surface area contributed by atoms with E-state index in [1.54, 1.807) is 7.11 Å². The lowest BCUT2D eigenvalue weighted by Gasteiger charge is -2.11. The normalized spacial score (nSPS) is 15.2. The molecule has 8 heteroatoms. The molecular weight excluding hydrogens is 376 g/mol. The molecule has 28 heavy (non-hydrogen) atoms. The number of methoxy groups -OCH3 is 1. The van der Waals surface area contributed by atoms with Crippen LogP contribution in [0.3, 0.4) is 0 Å². The van der Waals surface area contributed by atoms with Crippen molar-refractivity contribution in [3.05, 3.63) is 58.9 Å². The number of nitrogens with one attached hydrogen (secondary N) is 2. The first kappa shape index (κ1) is 18.1. The zero-order valence-electron chi connectivity index (χ0n) is 15.1. The summed E-state index contributed by atoms with van der Waals surface area (Å²) < 4.78 is 6.84. The molecule has 2 heterocycles. The van der Waals surface area contributed by atoms with Gasteiger partial charge in [0.1, 0.15) is 17.6 Å². The fourth-order valence-electron chi connectivity index (χ4n) is 3.31. The molecule has 0 bridgehead atoms. The van der Waals surface area contributed by atoms with Gasteiger partial charge in [-0.3, -0.25) is 9.59 Å². The number of ether oxygens (including phenoxy) is 1. The number of amides is 1. The van der Waals surface area contributed by atoms with Crippen molar-refractivity contribution in [3.63, 3.8) is 0 Å². The third kappa shape index (κ3) is 3.22. The number of carbonyl (C=O) groups is 2. The van der Waals surface area contributed by atoms with Gasteiger partial charge in [-0.2, -0.15) is 0 Å². The predicted octanol–water partition coefficient (Wildman–Crippen LogP) is 2.92. The largest absolute Gasteiger partial charge is 0.496 e. The molecule has 2 N–H and O–H groups in total. The van der Waals surface area contributed by atoms with Gasteiger partial charge in [0.25, 0.3) is 5.91 Å². The number of anilines is 1. The summed E-state index contributed by atoms with van der Waals surface area (Å²) >= 11 is 5.27. The molecule has 1 aliphatic heterocycles. The van der Waals surface area contributed by atoms with E-state index in [1.807, 2.05) is 48.5 Å². The molecule has 0 saturated carbocycles. The van der Waals surface area contributed by atoms with Gasteiger partial charge in [0.05, 0.1) is 19.0 Å². The molecular formula is C20H18N4O3S. The number of fused-ring (bicyclic) bond motifs is 3. The summed E-state index contributed by atoms with van der Waals surface area (Å²) in [5.74, 6) is 0.774. The molecule has 1 atom stereocenters. The topological polar surface area (TPSA) is 85.2 Å². The summed E-state index contributed by atoms with van der Waals surface area (Å²) in [7, 11) is 1.58. The summed E-state index contributed by atoms with van der Waals surface area (Å²) in [4.78, 5) is 29.5. The third-order valence-electron chi connectivity index (χ3n) is 4.68. The quantitative estimate of drug-likeness (QED) is 0.648. The van der Waals surface area contributed by atoms with Gasteiger partial charge in [0, 0.05) is 17.5 Å².